The van der Waals surface area contributed by atoms with Gasteiger partial charge >= 0.3 is 5.97 Å². The van der Waals surface area contributed by atoms with Crippen LogP contribution in [0.3, 0.4) is 0 Å². The molecule has 0 fully saturated rings. The zero-order chi connectivity index (χ0) is 18.6. The maximum atomic E-state index is 12.3. The van der Waals surface area contributed by atoms with Gasteiger partial charge in [-0.1, -0.05) is 24.3 Å². The number of carbonyl (C=O) groups is 1. The first-order valence-corrected chi connectivity index (χ1v) is 8.06. The molecular weight excluding hydrogens is 346 g/mol. The highest BCUT2D eigenvalue weighted by molar-refractivity contribution is 5.91. The third-order valence-electron chi connectivity index (χ3n) is 3.80. The largest absolute Gasteiger partial charge is 0.507 e. The summed E-state index contributed by atoms with van der Waals surface area (Å²) in [6, 6.07) is 16.6. The number of aromatic nitrogens is 3. The molecule has 0 spiro atoms. The van der Waals surface area contributed by atoms with Gasteiger partial charge in [-0.05, 0) is 36.4 Å². The first kappa shape index (κ1) is 16.5. The van der Waals surface area contributed by atoms with Gasteiger partial charge in [0.05, 0.1) is 16.7 Å². The first-order valence-electron chi connectivity index (χ1n) is 8.06. The number of hydrogen-bond donors (Lipinski definition) is 1. The number of esters is 1. The molecule has 2 aromatic heterocycles. The minimum Gasteiger partial charge on any atom is -0.507 e. The standard InChI is InChI=1S/C20H13N3O4/c24-16-7-3-1-5-14(16)18-22-23-19(27-18)15-6-2-4-8-17(15)26-20(25)13-9-11-21-12-10-13/h1-12,24H. The highest BCUT2D eigenvalue weighted by Crippen LogP contribution is 2.33. The molecule has 1 N–H and O–H groups in total. The Morgan fingerprint density at radius 1 is 0.852 bits per heavy atom. The van der Waals surface area contributed by atoms with Crippen molar-refractivity contribution >= 4 is 5.97 Å². The van der Waals surface area contributed by atoms with Gasteiger partial charge < -0.3 is 14.3 Å². The van der Waals surface area contributed by atoms with Crippen LogP contribution in [0.15, 0.2) is 77.5 Å². The molecule has 7 heteroatoms. The number of phenols is 1. The van der Waals surface area contributed by atoms with Crippen LogP contribution in [0.4, 0.5) is 0 Å². The molecule has 0 bridgehead atoms. The van der Waals surface area contributed by atoms with E-state index in [1.54, 1.807) is 54.6 Å². The minimum absolute atomic E-state index is 0.0325. The van der Waals surface area contributed by atoms with Gasteiger partial charge in [0.1, 0.15) is 11.5 Å². The second kappa shape index (κ2) is 7.09. The van der Waals surface area contributed by atoms with E-state index in [0.717, 1.165) is 0 Å². The highest BCUT2D eigenvalue weighted by atomic mass is 16.5. The van der Waals surface area contributed by atoms with Crippen LogP contribution in [-0.2, 0) is 0 Å². The number of para-hydroxylation sites is 2. The van der Waals surface area contributed by atoms with E-state index in [1.165, 1.54) is 18.5 Å². The monoisotopic (exact) mass is 359 g/mol. The fraction of sp³-hybridized carbons (Fsp3) is 0. The Kier molecular flexibility index (Phi) is 4.32. The molecule has 0 aliphatic rings. The molecule has 4 rings (SSSR count). The second-order valence-corrected chi connectivity index (χ2v) is 5.55. The van der Waals surface area contributed by atoms with Crippen LogP contribution in [-0.4, -0.2) is 26.3 Å². The van der Waals surface area contributed by atoms with Crippen LogP contribution in [0.2, 0.25) is 0 Å². The number of ether oxygens (including phenoxy) is 1. The van der Waals surface area contributed by atoms with Crippen molar-refractivity contribution in [3.05, 3.63) is 78.6 Å². The Bertz CT molecular complexity index is 1090. The molecule has 0 aliphatic carbocycles. The predicted octanol–water partition coefficient (Wildman–Crippen LogP) is 3.72. The number of phenolic OH excluding ortho intramolecular Hbond substituents is 1. The van der Waals surface area contributed by atoms with Crippen LogP contribution < -0.4 is 4.74 Å². The molecule has 0 saturated carbocycles. The normalized spacial score (nSPS) is 10.5. The summed E-state index contributed by atoms with van der Waals surface area (Å²) in [4.78, 5) is 16.2. The molecule has 0 atom stereocenters. The van der Waals surface area contributed by atoms with Crippen LogP contribution in [0.1, 0.15) is 10.4 Å². The summed E-state index contributed by atoms with van der Waals surface area (Å²) < 4.78 is 11.2. The van der Waals surface area contributed by atoms with Gasteiger partial charge in [-0.3, -0.25) is 4.98 Å². The SMILES string of the molecule is O=C(Oc1ccccc1-c1nnc(-c2ccccc2O)o1)c1ccncc1. The molecule has 2 heterocycles. The molecule has 0 unspecified atom stereocenters. The smallest absolute Gasteiger partial charge is 0.343 e. The Hall–Kier alpha value is -4.00. The topological polar surface area (TPSA) is 98.3 Å². The molecule has 0 amide bonds. The van der Waals surface area contributed by atoms with E-state index in [-0.39, 0.29) is 23.3 Å². The molecule has 7 nitrogen and oxygen atoms in total. The van der Waals surface area contributed by atoms with Gasteiger partial charge in [-0.2, -0.15) is 0 Å². The predicted molar refractivity (Wildman–Crippen MR) is 96.0 cm³/mol. The van der Waals surface area contributed by atoms with Crippen LogP contribution >= 0.6 is 0 Å². The first-order chi connectivity index (χ1) is 13.2. The maximum absolute atomic E-state index is 12.3. The number of rotatable bonds is 4. The lowest BCUT2D eigenvalue weighted by molar-refractivity contribution is 0.0735. The van der Waals surface area contributed by atoms with Crippen LogP contribution in [0.25, 0.3) is 22.9 Å². The summed E-state index contributed by atoms with van der Waals surface area (Å²) in [6.07, 6.45) is 3.03. The summed E-state index contributed by atoms with van der Waals surface area (Å²) in [7, 11) is 0. The zero-order valence-electron chi connectivity index (χ0n) is 13.9. The van der Waals surface area contributed by atoms with Crippen molar-refractivity contribution < 1.29 is 19.1 Å². The fourth-order valence-electron chi connectivity index (χ4n) is 2.47. The van der Waals surface area contributed by atoms with Gasteiger partial charge in [-0.15, -0.1) is 10.2 Å². The number of nitrogens with zero attached hydrogens (tertiary/aromatic N) is 3. The molecule has 4 aromatic rings. The Morgan fingerprint density at radius 3 is 2.22 bits per heavy atom. The second-order valence-electron chi connectivity index (χ2n) is 5.55. The van der Waals surface area contributed by atoms with Gasteiger partial charge in [0.15, 0.2) is 0 Å². The van der Waals surface area contributed by atoms with Crippen molar-refractivity contribution in [2.75, 3.05) is 0 Å². The van der Waals surface area contributed by atoms with Crippen LogP contribution in [0, 0.1) is 0 Å². The van der Waals surface area contributed by atoms with Crippen molar-refractivity contribution in [2.24, 2.45) is 0 Å². The van der Waals surface area contributed by atoms with Gasteiger partial charge in [-0.25, -0.2) is 4.79 Å². The molecule has 2 aromatic carbocycles. The Morgan fingerprint density at radius 2 is 1.48 bits per heavy atom. The molecular formula is C20H13N3O4. The lowest BCUT2D eigenvalue weighted by Gasteiger charge is -2.07. The number of pyridine rings is 1. The summed E-state index contributed by atoms with van der Waals surface area (Å²) in [6.45, 7) is 0. The maximum Gasteiger partial charge on any atom is 0.343 e. The molecule has 0 aliphatic heterocycles. The quantitative estimate of drug-likeness (QED) is 0.438. The fourth-order valence-corrected chi connectivity index (χ4v) is 2.47. The number of aromatic hydroxyl groups is 1. The summed E-state index contributed by atoms with van der Waals surface area (Å²) in [5.41, 5.74) is 1.26. The van der Waals surface area contributed by atoms with E-state index < -0.39 is 5.97 Å². The highest BCUT2D eigenvalue weighted by Gasteiger charge is 2.18. The third kappa shape index (κ3) is 3.38. The molecule has 27 heavy (non-hydrogen) atoms. The summed E-state index contributed by atoms with van der Waals surface area (Å²) in [5.74, 6) is 0.131. The summed E-state index contributed by atoms with van der Waals surface area (Å²) in [5, 5.41) is 17.9. The van der Waals surface area contributed by atoms with E-state index in [9.17, 15) is 9.90 Å². The van der Waals surface area contributed by atoms with Gasteiger partial charge in [0.25, 0.3) is 11.8 Å². The van der Waals surface area contributed by atoms with Crippen molar-refractivity contribution in [2.45, 2.75) is 0 Å². The van der Waals surface area contributed by atoms with Gasteiger partial charge in [0, 0.05) is 12.4 Å². The number of carbonyl (C=O) groups excluding carboxylic acids is 1. The minimum atomic E-state index is -0.523. The lowest BCUT2D eigenvalue weighted by atomic mass is 10.2. The Balaban J connectivity index is 1.66. The average Bonchev–Trinajstić information content (AvgIpc) is 3.19. The van der Waals surface area contributed by atoms with Crippen molar-refractivity contribution in [1.82, 2.24) is 15.2 Å². The van der Waals surface area contributed by atoms with E-state index in [4.69, 9.17) is 9.15 Å². The molecule has 132 valence electrons. The lowest BCUT2D eigenvalue weighted by Crippen LogP contribution is -2.09. The van der Waals surface area contributed by atoms with Gasteiger partial charge in [0.2, 0.25) is 0 Å². The Labute approximate surface area is 153 Å². The van der Waals surface area contributed by atoms with Crippen molar-refractivity contribution in [3.63, 3.8) is 0 Å². The van der Waals surface area contributed by atoms with E-state index in [1.807, 2.05) is 0 Å². The number of hydrogen-bond acceptors (Lipinski definition) is 7. The number of benzene rings is 2. The molecule has 0 radical (unpaired) electrons. The molecule has 0 saturated heterocycles. The third-order valence-corrected chi connectivity index (χ3v) is 3.80. The zero-order valence-corrected chi connectivity index (χ0v) is 13.9. The van der Waals surface area contributed by atoms with E-state index in [2.05, 4.69) is 15.2 Å². The van der Waals surface area contributed by atoms with Crippen molar-refractivity contribution in [1.29, 1.82) is 0 Å². The van der Waals surface area contributed by atoms with Crippen LogP contribution in [0.5, 0.6) is 11.5 Å². The van der Waals surface area contributed by atoms with E-state index >= 15 is 0 Å². The van der Waals surface area contributed by atoms with Crippen molar-refractivity contribution in [3.8, 4) is 34.4 Å². The average molecular weight is 359 g/mol. The van der Waals surface area contributed by atoms with E-state index in [0.29, 0.717) is 16.7 Å². The summed E-state index contributed by atoms with van der Waals surface area (Å²) >= 11 is 0.